The van der Waals surface area contributed by atoms with E-state index in [-0.39, 0.29) is 26.4 Å². The largest absolute Gasteiger partial charge is 0.457 e. The monoisotopic (exact) mass is 543 g/mol. The summed E-state index contributed by atoms with van der Waals surface area (Å²) in [4.78, 5) is 37.5. The normalized spacial score (nSPS) is 29.9. The van der Waals surface area contributed by atoms with Gasteiger partial charge in [-0.25, -0.2) is 0 Å². The van der Waals surface area contributed by atoms with Gasteiger partial charge in [-0.3, -0.25) is 25.1 Å². The van der Waals surface area contributed by atoms with E-state index in [2.05, 4.69) is 5.43 Å². The van der Waals surface area contributed by atoms with Crippen molar-refractivity contribution in [1.29, 1.82) is 0 Å². The van der Waals surface area contributed by atoms with Gasteiger partial charge in [-0.15, -0.1) is 0 Å². The van der Waals surface area contributed by atoms with Gasteiger partial charge in [0.25, 0.3) is 11.6 Å². The van der Waals surface area contributed by atoms with E-state index in [4.69, 9.17) is 28.2 Å². The van der Waals surface area contributed by atoms with Crippen LogP contribution in [0, 0.1) is 33.3 Å². The van der Waals surface area contributed by atoms with Gasteiger partial charge < -0.3 is 4.42 Å². The predicted octanol–water partition coefficient (Wildman–Crippen LogP) is 5.96. The maximum absolute atomic E-state index is 13.4. The molecule has 36 heavy (non-hydrogen) atoms. The van der Waals surface area contributed by atoms with Gasteiger partial charge in [0.1, 0.15) is 16.5 Å². The number of hydrogen-bond donors (Lipinski definition) is 1. The van der Waals surface area contributed by atoms with Crippen molar-refractivity contribution < 1.29 is 18.9 Å². The summed E-state index contributed by atoms with van der Waals surface area (Å²) in [6, 6.07) is 7.72. The van der Waals surface area contributed by atoms with E-state index < -0.39 is 10.8 Å². The zero-order valence-corrected chi connectivity index (χ0v) is 21.5. The van der Waals surface area contributed by atoms with Crippen molar-refractivity contribution in [2.24, 2.45) is 23.2 Å². The van der Waals surface area contributed by atoms with Gasteiger partial charge in [0, 0.05) is 17.7 Å². The molecule has 186 valence electrons. The van der Waals surface area contributed by atoms with Crippen LogP contribution in [0.1, 0.15) is 44.3 Å². The Morgan fingerprint density at radius 3 is 2.50 bits per heavy atom. The van der Waals surface area contributed by atoms with Crippen LogP contribution < -0.4 is 5.43 Å². The van der Waals surface area contributed by atoms with Crippen LogP contribution in [-0.4, -0.2) is 26.1 Å². The summed E-state index contributed by atoms with van der Waals surface area (Å²) in [5, 5.41) is 12.4. The SMILES string of the molecule is O=C1/C(=C\c2ccc(-c3ccc(Cl)c([N+](=O)[O-])c3)o2)SC(=S)N1NC(=O)C12CC3CC(CC(C3)C1)C2. The summed E-state index contributed by atoms with van der Waals surface area (Å²) < 4.78 is 6.08. The van der Waals surface area contributed by atoms with E-state index in [1.807, 2.05) is 0 Å². The Kier molecular flexibility index (Phi) is 5.73. The maximum atomic E-state index is 13.4. The van der Waals surface area contributed by atoms with Crippen LogP contribution >= 0.6 is 35.6 Å². The molecule has 5 fully saturated rings. The lowest BCUT2D eigenvalue weighted by molar-refractivity contribution is -0.384. The van der Waals surface area contributed by atoms with Crippen molar-refractivity contribution in [2.45, 2.75) is 38.5 Å². The smallest absolute Gasteiger partial charge is 0.288 e. The van der Waals surface area contributed by atoms with Gasteiger partial charge in [0.05, 0.1) is 15.2 Å². The first kappa shape index (κ1) is 23.7. The molecule has 1 N–H and O–H groups in total. The van der Waals surface area contributed by atoms with Crippen LogP contribution in [0.25, 0.3) is 17.4 Å². The lowest BCUT2D eigenvalue weighted by atomic mass is 9.49. The molecule has 1 aromatic carbocycles. The van der Waals surface area contributed by atoms with Crippen LogP contribution in [0.2, 0.25) is 5.02 Å². The minimum Gasteiger partial charge on any atom is -0.457 e. The molecule has 2 heterocycles. The molecule has 4 bridgehead atoms. The molecule has 1 saturated heterocycles. The van der Waals surface area contributed by atoms with Gasteiger partial charge in [-0.1, -0.05) is 23.4 Å². The third-order valence-corrected chi connectivity index (χ3v) is 9.48. The molecule has 1 aromatic heterocycles. The molecule has 7 rings (SSSR count). The highest BCUT2D eigenvalue weighted by Crippen LogP contribution is 2.60. The Balaban J connectivity index is 1.18. The number of furan rings is 1. The van der Waals surface area contributed by atoms with Gasteiger partial charge >= 0.3 is 0 Å². The average Bonchev–Trinajstić information content (AvgIpc) is 3.38. The first-order valence-corrected chi connectivity index (χ1v) is 13.4. The minimum absolute atomic E-state index is 0.0368. The third kappa shape index (κ3) is 4.05. The van der Waals surface area contributed by atoms with Crippen molar-refractivity contribution in [2.75, 3.05) is 0 Å². The number of rotatable bonds is 5. The van der Waals surface area contributed by atoms with Crippen LogP contribution in [0.4, 0.5) is 5.69 Å². The fraction of sp³-hybridized carbons (Fsp3) is 0.400. The second kappa shape index (κ2) is 8.71. The number of nitro benzene ring substituents is 1. The van der Waals surface area contributed by atoms with Crippen molar-refractivity contribution in [3.8, 4) is 11.3 Å². The van der Waals surface area contributed by atoms with Gasteiger partial charge in [0.15, 0.2) is 4.32 Å². The van der Waals surface area contributed by atoms with Crippen molar-refractivity contribution in [3.05, 3.63) is 56.1 Å². The highest BCUT2D eigenvalue weighted by Gasteiger charge is 2.55. The zero-order chi connectivity index (χ0) is 25.2. The Morgan fingerprint density at radius 2 is 1.86 bits per heavy atom. The maximum Gasteiger partial charge on any atom is 0.288 e. The Morgan fingerprint density at radius 1 is 1.19 bits per heavy atom. The fourth-order valence-corrected chi connectivity index (χ4v) is 8.04. The first-order chi connectivity index (χ1) is 17.2. The van der Waals surface area contributed by atoms with Crippen LogP contribution in [0.3, 0.4) is 0 Å². The zero-order valence-electron chi connectivity index (χ0n) is 19.1. The molecule has 4 aliphatic carbocycles. The molecular formula is C25H22ClN3O5S2. The van der Waals surface area contributed by atoms with Crippen molar-refractivity contribution in [3.63, 3.8) is 0 Å². The lowest BCUT2D eigenvalue weighted by Crippen LogP contribution is -2.57. The molecule has 0 unspecified atom stereocenters. The number of halogens is 1. The Labute approximate surface area is 221 Å². The van der Waals surface area contributed by atoms with Crippen LogP contribution in [0.5, 0.6) is 0 Å². The Bertz CT molecular complexity index is 1320. The molecule has 4 saturated carbocycles. The topological polar surface area (TPSA) is 106 Å². The number of hydrazine groups is 1. The number of hydrogen-bond acceptors (Lipinski definition) is 7. The summed E-state index contributed by atoms with van der Waals surface area (Å²) >= 11 is 12.4. The molecule has 2 amide bonds. The number of nitrogens with one attached hydrogen (secondary N) is 1. The summed E-state index contributed by atoms with van der Waals surface area (Å²) in [5.74, 6) is 2.13. The minimum atomic E-state index is -0.557. The third-order valence-electron chi connectivity index (χ3n) is 7.85. The number of benzene rings is 1. The summed E-state index contributed by atoms with van der Waals surface area (Å²) in [5.41, 5.74) is 2.72. The molecule has 5 aliphatic rings. The number of carbonyl (C=O) groups is 2. The summed E-state index contributed by atoms with van der Waals surface area (Å²) in [6.45, 7) is 0. The second-order valence-corrected chi connectivity index (χ2v) is 12.4. The molecule has 11 heteroatoms. The fourth-order valence-electron chi connectivity index (χ4n) is 6.69. The number of amides is 2. The summed E-state index contributed by atoms with van der Waals surface area (Å²) in [6.07, 6.45) is 7.93. The molecule has 0 spiro atoms. The highest BCUT2D eigenvalue weighted by molar-refractivity contribution is 8.26. The van der Waals surface area contributed by atoms with E-state index in [0.29, 0.717) is 39.7 Å². The Hall–Kier alpha value is -2.69. The molecule has 0 radical (unpaired) electrons. The number of thiocarbonyl (C=S) groups is 1. The van der Waals surface area contributed by atoms with Gasteiger partial charge in [0.2, 0.25) is 5.91 Å². The number of carbonyl (C=O) groups excluding carboxylic acids is 2. The lowest BCUT2D eigenvalue weighted by Gasteiger charge is -2.55. The first-order valence-electron chi connectivity index (χ1n) is 11.8. The van der Waals surface area contributed by atoms with Crippen molar-refractivity contribution >= 4 is 63.5 Å². The van der Waals surface area contributed by atoms with E-state index in [1.165, 1.54) is 36.4 Å². The standard InChI is InChI=1S/C25H22ClN3O5S2/c26-18-3-1-16(8-19(18)29(32)33)20-4-2-17(34-20)9-21-22(30)28(24(35)36-21)27-23(31)25-10-13-5-14(11-25)7-15(6-13)12-25/h1-4,8-9,13-15H,5-7,10-12H2,(H,27,31)/b21-9+. The average molecular weight is 544 g/mol. The predicted molar refractivity (Wildman–Crippen MR) is 140 cm³/mol. The van der Waals surface area contributed by atoms with Crippen LogP contribution in [0.15, 0.2) is 39.7 Å². The molecular weight excluding hydrogens is 522 g/mol. The number of thioether (sulfide) groups is 1. The second-order valence-electron chi connectivity index (χ2n) is 10.3. The quantitative estimate of drug-likeness (QED) is 0.215. The summed E-state index contributed by atoms with van der Waals surface area (Å²) in [7, 11) is 0. The van der Waals surface area contributed by atoms with E-state index in [1.54, 1.807) is 24.3 Å². The number of nitrogens with zero attached hydrogens (tertiary/aromatic N) is 2. The van der Waals surface area contributed by atoms with E-state index in [9.17, 15) is 19.7 Å². The molecule has 8 nitrogen and oxygen atoms in total. The number of nitro groups is 1. The van der Waals surface area contributed by atoms with Crippen LogP contribution in [-0.2, 0) is 9.59 Å². The van der Waals surface area contributed by atoms with Gasteiger partial charge in [-0.2, -0.15) is 5.01 Å². The van der Waals surface area contributed by atoms with Crippen molar-refractivity contribution in [1.82, 2.24) is 10.4 Å². The van der Waals surface area contributed by atoms with Gasteiger partial charge in [-0.05, 0) is 92.8 Å². The highest BCUT2D eigenvalue weighted by atomic mass is 35.5. The van der Waals surface area contributed by atoms with E-state index >= 15 is 0 Å². The molecule has 1 aliphatic heterocycles. The molecule has 0 atom stereocenters. The molecule has 2 aromatic rings. The van der Waals surface area contributed by atoms with E-state index in [0.717, 1.165) is 31.0 Å².